The van der Waals surface area contributed by atoms with E-state index in [9.17, 15) is 23.1 Å². The van der Waals surface area contributed by atoms with Crippen LogP contribution in [-0.2, 0) is 14.8 Å². The molecule has 2 aromatic rings. The summed E-state index contributed by atoms with van der Waals surface area (Å²) in [4.78, 5) is 30.9. The number of aliphatic imine (C=N–C) groups is 1. The number of nitrogens with one attached hydrogen (secondary N) is 4. The monoisotopic (exact) mass is 562 g/mol. The zero-order valence-electron chi connectivity index (χ0n) is 20.7. The molecule has 2 aliphatic rings. The highest BCUT2D eigenvalue weighted by atomic mass is 35.5. The van der Waals surface area contributed by atoms with Gasteiger partial charge < -0.3 is 26.0 Å². The van der Waals surface area contributed by atoms with E-state index in [1.807, 2.05) is 0 Å². The lowest BCUT2D eigenvalue weighted by atomic mass is 10.0. The molecule has 13 heteroatoms. The molecule has 11 nitrogen and oxygen atoms in total. The van der Waals surface area contributed by atoms with E-state index < -0.39 is 34.5 Å². The molecule has 1 fully saturated rings. The molecule has 0 bridgehead atoms. The van der Waals surface area contributed by atoms with E-state index in [1.54, 1.807) is 18.2 Å². The summed E-state index contributed by atoms with van der Waals surface area (Å²) in [7, 11) is -4.08. The zero-order valence-corrected chi connectivity index (χ0v) is 22.3. The largest absolute Gasteiger partial charge is 0.480 e. The number of amides is 1. The maximum atomic E-state index is 12.7. The second kappa shape index (κ2) is 12.5. The van der Waals surface area contributed by atoms with Gasteiger partial charge in [0, 0.05) is 44.3 Å². The molecule has 0 spiro atoms. The summed E-state index contributed by atoms with van der Waals surface area (Å²) >= 11 is 6.51. The quantitative estimate of drug-likeness (QED) is 0.307. The number of carboxylic acid groups (broad SMARTS) is 1. The van der Waals surface area contributed by atoms with Gasteiger partial charge in [0.25, 0.3) is 5.91 Å². The van der Waals surface area contributed by atoms with Crippen molar-refractivity contribution < 1.29 is 23.1 Å². The summed E-state index contributed by atoms with van der Waals surface area (Å²) in [5.41, 5.74) is 1.06. The highest BCUT2D eigenvalue weighted by molar-refractivity contribution is 7.89. The van der Waals surface area contributed by atoms with Crippen LogP contribution in [0.5, 0.6) is 0 Å². The topological polar surface area (TPSA) is 152 Å². The first-order valence-electron chi connectivity index (χ1n) is 12.4. The Kier molecular flexibility index (Phi) is 9.08. The lowest BCUT2D eigenvalue weighted by Gasteiger charge is -2.35. The minimum atomic E-state index is -4.08. The lowest BCUT2D eigenvalue weighted by Crippen LogP contribution is -2.50. The van der Waals surface area contributed by atoms with Crippen molar-refractivity contribution in [3.63, 3.8) is 0 Å². The number of aliphatic carboxylic acids is 1. The molecule has 2 aromatic carbocycles. The van der Waals surface area contributed by atoms with Crippen LogP contribution in [0.15, 0.2) is 58.4 Å². The second-order valence-electron chi connectivity index (χ2n) is 9.12. The number of anilines is 1. The third kappa shape index (κ3) is 7.15. The molecule has 0 aliphatic carbocycles. The van der Waals surface area contributed by atoms with Crippen LogP contribution < -0.4 is 25.6 Å². The highest BCUT2D eigenvalue weighted by Crippen LogP contribution is 2.29. The van der Waals surface area contributed by atoms with E-state index in [0.29, 0.717) is 11.1 Å². The number of halogens is 1. The van der Waals surface area contributed by atoms with Crippen molar-refractivity contribution in [3.05, 3.63) is 59.1 Å². The number of benzene rings is 2. The van der Waals surface area contributed by atoms with Crippen LogP contribution in [0.25, 0.3) is 0 Å². The Hall–Kier alpha value is -3.35. The Balaban J connectivity index is 1.32. The first-order chi connectivity index (χ1) is 18.2. The number of carbonyl (C=O) groups is 2. The molecule has 0 saturated carbocycles. The fourth-order valence-electron chi connectivity index (χ4n) is 4.32. The Labute approximate surface area is 226 Å². The summed E-state index contributed by atoms with van der Waals surface area (Å²) in [6.45, 7) is 2.90. The van der Waals surface area contributed by atoms with E-state index in [-0.39, 0.29) is 10.5 Å². The standard InChI is InChI=1S/C25H31ClN6O5S/c26-20-15-17(7-8-22(20)32-13-9-18(10-14-32)30-25-27-11-4-12-28-25)23(33)29-16-21(24(34)35)31-38(36,37)19-5-2-1-3-6-19/h1-3,5-8,15,18,21,31H,4,9-14,16H2,(H,29,33)(H,34,35)(H2,27,28,30)/t21-/m0/s1. The van der Waals surface area contributed by atoms with Crippen LogP contribution in [0, 0.1) is 0 Å². The number of sulfonamides is 1. The highest BCUT2D eigenvalue weighted by Gasteiger charge is 2.27. The van der Waals surface area contributed by atoms with Gasteiger partial charge in [0.05, 0.1) is 15.6 Å². The van der Waals surface area contributed by atoms with Gasteiger partial charge in [0.15, 0.2) is 5.96 Å². The van der Waals surface area contributed by atoms with Crippen LogP contribution in [0.3, 0.4) is 0 Å². The molecule has 2 aliphatic heterocycles. The summed E-state index contributed by atoms with van der Waals surface area (Å²) in [6, 6.07) is 11.1. The summed E-state index contributed by atoms with van der Waals surface area (Å²) in [5, 5.41) is 19.1. The average molecular weight is 563 g/mol. The number of hydrogen-bond acceptors (Lipinski definition) is 8. The number of hydrogen-bond donors (Lipinski definition) is 5. The molecule has 0 radical (unpaired) electrons. The van der Waals surface area contributed by atoms with Crippen LogP contribution in [-0.4, -0.2) is 76.2 Å². The molecule has 1 atom stereocenters. The van der Waals surface area contributed by atoms with Crippen LogP contribution in [0.1, 0.15) is 29.6 Å². The Morgan fingerprint density at radius 3 is 2.53 bits per heavy atom. The van der Waals surface area contributed by atoms with E-state index in [1.165, 1.54) is 30.3 Å². The van der Waals surface area contributed by atoms with Crippen molar-refractivity contribution >= 4 is 45.1 Å². The van der Waals surface area contributed by atoms with Crippen molar-refractivity contribution in [3.8, 4) is 0 Å². The number of guanidine groups is 1. The van der Waals surface area contributed by atoms with Crippen molar-refractivity contribution in [1.29, 1.82) is 0 Å². The van der Waals surface area contributed by atoms with Crippen molar-refractivity contribution in [1.82, 2.24) is 20.7 Å². The molecular formula is C25H31ClN6O5S. The maximum Gasteiger partial charge on any atom is 0.323 e. The third-order valence-electron chi connectivity index (χ3n) is 6.40. The SMILES string of the molecule is O=C(NC[C@H](NS(=O)(=O)c1ccccc1)C(=O)O)c1ccc(N2CCC(NC3=NCCCN3)CC2)c(Cl)c1. The van der Waals surface area contributed by atoms with Crippen molar-refractivity contribution in [2.75, 3.05) is 37.6 Å². The summed E-state index contributed by atoms with van der Waals surface area (Å²) in [5.74, 6) is -1.12. The van der Waals surface area contributed by atoms with Gasteiger partial charge in [-0.3, -0.25) is 14.6 Å². The number of carboxylic acids is 1. The Morgan fingerprint density at radius 1 is 1.16 bits per heavy atom. The number of nitrogens with zero attached hydrogens (tertiary/aromatic N) is 2. The molecule has 38 heavy (non-hydrogen) atoms. The minimum Gasteiger partial charge on any atom is -0.480 e. The van der Waals surface area contributed by atoms with E-state index >= 15 is 0 Å². The van der Waals surface area contributed by atoms with Gasteiger partial charge in [-0.1, -0.05) is 29.8 Å². The van der Waals surface area contributed by atoms with E-state index in [0.717, 1.165) is 57.1 Å². The predicted molar refractivity (Wildman–Crippen MR) is 145 cm³/mol. The molecule has 0 unspecified atom stereocenters. The molecule has 204 valence electrons. The third-order valence-corrected chi connectivity index (χ3v) is 8.19. The van der Waals surface area contributed by atoms with Gasteiger partial charge in [-0.25, -0.2) is 8.42 Å². The number of carbonyl (C=O) groups excluding carboxylic acids is 1. The molecule has 1 saturated heterocycles. The predicted octanol–water partition coefficient (Wildman–Crippen LogP) is 1.41. The Morgan fingerprint density at radius 2 is 1.89 bits per heavy atom. The Bertz CT molecular complexity index is 1280. The fourth-order valence-corrected chi connectivity index (χ4v) is 5.83. The number of piperidine rings is 1. The van der Waals surface area contributed by atoms with Gasteiger partial charge in [0.2, 0.25) is 10.0 Å². The molecule has 1 amide bonds. The van der Waals surface area contributed by atoms with Crippen LogP contribution in [0.2, 0.25) is 5.02 Å². The maximum absolute atomic E-state index is 12.7. The average Bonchev–Trinajstić information content (AvgIpc) is 2.92. The van der Waals surface area contributed by atoms with E-state index in [4.69, 9.17) is 11.6 Å². The van der Waals surface area contributed by atoms with Gasteiger partial charge >= 0.3 is 5.97 Å². The summed E-state index contributed by atoms with van der Waals surface area (Å²) < 4.78 is 27.1. The summed E-state index contributed by atoms with van der Waals surface area (Å²) in [6.07, 6.45) is 2.87. The van der Waals surface area contributed by atoms with Crippen LogP contribution in [0.4, 0.5) is 5.69 Å². The fraction of sp³-hybridized carbons (Fsp3) is 0.400. The van der Waals surface area contributed by atoms with Gasteiger partial charge in [-0.2, -0.15) is 4.72 Å². The van der Waals surface area contributed by atoms with Gasteiger partial charge in [-0.05, 0) is 49.6 Å². The van der Waals surface area contributed by atoms with E-state index in [2.05, 4.69) is 30.6 Å². The van der Waals surface area contributed by atoms with Gasteiger partial charge in [0.1, 0.15) is 6.04 Å². The zero-order chi connectivity index (χ0) is 27.1. The molecular weight excluding hydrogens is 532 g/mol. The smallest absolute Gasteiger partial charge is 0.323 e. The molecule has 2 heterocycles. The minimum absolute atomic E-state index is 0.0702. The normalized spacial score (nSPS) is 17.2. The van der Waals surface area contributed by atoms with Crippen molar-refractivity contribution in [2.24, 2.45) is 4.99 Å². The second-order valence-corrected chi connectivity index (χ2v) is 11.2. The first kappa shape index (κ1) is 27.7. The number of rotatable bonds is 9. The van der Waals surface area contributed by atoms with Crippen LogP contribution >= 0.6 is 11.6 Å². The first-order valence-corrected chi connectivity index (χ1v) is 14.3. The molecule has 5 N–H and O–H groups in total. The van der Waals surface area contributed by atoms with Crippen molar-refractivity contribution in [2.45, 2.75) is 36.2 Å². The lowest BCUT2D eigenvalue weighted by molar-refractivity contribution is -0.138. The molecule has 0 aromatic heterocycles. The molecule has 4 rings (SSSR count). The van der Waals surface area contributed by atoms with Gasteiger partial charge in [-0.15, -0.1) is 0 Å².